The lowest BCUT2D eigenvalue weighted by molar-refractivity contribution is -0.129. The number of hydrogen-bond acceptors (Lipinski definition) is 3. The normalized spacial score (nSPS) is 17.7. The van der Waals surface area contributed by atoms with Gasteiger partial charge in [-0.3, -0.25) is 9.59 Å². The summed E-state index contributed by atoms with van der Waals surface area (Å²) in [6.07, 6.45) is 1.71. The van der Waals surface area contributed by atoms with E-state index in [1.54, 1.807) is 23.9 Å². The Kier molecular flexibility index (Phi) is 5.63. The van der Waals surface area contributed by atoms with Gasteiger partial charge in [0, 0.05) is 21.6 Å². The number of amides is 2. The highest BCUT2D eigenvalue weighted by Gasteiger charge is 2.33. The fourth-order valence-corrected chi connectivity index (χ4v) is 3.14. The van der Waals surface area contributed by atoms with Gasteiger partial charge >= 0.3 is 6.92 Å². The Hall–Kier alpha value is -1.09. The molecular formula is C14H18BIN2O3. The molecule has 0 saturated carbocycles. The molecule has 0 spiro atoms. The van der Waals surface area contributed by atoms with Crippen molar-refractivity contribution >= 4 is 41.3 Å². The Balaban J connectivity index is 1.90. The molecule has 1 aromatic carbocycles. The van der Waals surface area contributed by atoms with Crippen LogP contribution in [0.2, 0.25) is 6.82 Å². The molecule has 1 heterocycles. The van der Waals surface area contributed by atoms with Crippen molar-refractivity contribution < 1.29 is 14.6 Å². The van der Waals surface area contributed by atoms with E-state index >= 15 is 0 Å². The zero-order chi connectivity index (χ0) is 15.4. The molecule has 0 bridgehead atoms. The van der Waals surface area contributed by atoms with Crippen LogP contribution < -0.4 is 5.32 Å². The van der Waals surface area contributed by atoms with Gasteiger partial charge in [0.05, 0.1) is 6.54 Å². The molecule has 2 amide bonds. The second-order valence-corrected chi connectivity index (χ2v) is 6.48. The zero-order valence-corrected chi connectivity index (χ0v) is 14.0. The van der Waals surface area contributed by atoms with E-state index < -0.39 is 6.92 Å². The fraction of sp³-hybridized carbons (Fsp3) is 0.429. The molecule has 1 atom stereocenters. The lowest BCUT2D eigenvalue weighted by Crippen LogP contribution is -2.47. The van der Waals surface area contributed by atoms with Crippen molar-refractivity contribution in [2.45, 2.75) is 25.6 Å². The predicted molar refractivity (Wildman–Crippen MR) is 90.1 cm³/mol. The standard InChI is InChI=1S/C14H18BIN2O3/c1-15(21)12-6-3-7-18(12)13(19)9-17-14(20)10-4-2-5-11(16)8-10/h2,4-5,8,12,21H,3,6-7,9H2,1H3,(H,17,20). The topological polar surface area (TPSA) is 69.6 Å². The van der Waals surface area contributed by atoms with E-state index in [1.807, 2.05) is 12.1 Å². The van der Waals surface area contributed by atoms with Gasteiger partial charge in [0.1, 0.15) is 0 Å². The summed E-state index contributed by atoms with van der Waals surface area (Å²) in [6, 6.07) is 7.20. The average Bonchev–Trinajstić information content (AvgIpc) is 2.94. The molecule has 1 aliphatic heterocycles. The summed E-state index contributed by atoms with van der Waals surface area (Å²) in [5.41, 5.74) is 0.545. The van der Waals surface area contributed by atoms with Gasteiger partial charge < -0.3 is 15.2 Å². The summed E-state index contributed by atoms with van der Waals surface area (Å²) in [4.78, 5) is 25.8. The Morgan fingerprint density at radius 1 is 1.52 bits per heavy atom. The number of hydrogen-bond donors (Lipinski definition) is 2. The predicted octanol–water partition coefficient (Wildman–Crippen LogP) is 1.16. The molecule has 2 rings (SSSR count). The third-order valence-electron chi connectivity index (χ3n) is 3.66. The highest BCUT2D eigenvalue weighted by Crippen LogP contribution is 2.18. The van der Waals surface area contributed by atoms with Crippen LogP contribution >= 0.6 is 22.6 Å². The van der Waals surface area contributed by atoms with Gasteiger partial charge in [-0.15, -0.1) is 0 Å². The molecule has 2 N–H and O–H groups in total. The minimum Gasteiger partial charge on any atom is -0.449 e. The van der Waals surface area contributed by atoms with Crippen molar-refractivity contribution in [3.63, 3.8) is 0 Å². The zero-order valence-electron chi connectivity index (χ0n) is 11.9. The molecule has 0 radical (unpaired) electrons. The van der Waals surface area contributed by atoms with E-state index in [2.05, 4.69) is 27.9 Å². The minimum absolute atomic E-state index is 0.0342. The smallest absolute Gasteiger partial charge is 0.309 e. The average molecular weight is 400 g/mol. The van der Waals surface area contributed by atoms with Gasteiger partial charge in [0.2, 0.25) is 5.91 Å². The van der Waals surface area contributed by atoms with Crippen LogP contribution in [0.15, 0.2) is 24.3 Å². The van der Waals surface area contributed by atoms with Crippen LogP contribution in [0.1, 0.15) is 23.2 Å². The highest BCUT2D eigenvalue weighted by molar-refractivity contribution is 14.1. The van der Waals surface area contributed by atoms with Crippen molar-refractivity contribution in [2.24, 2.45) is 0 Å². The summed E-state index contributed by atoms with van der Waals surface area (Å²) >= 11 is 2.14. The quantitative estimate of drug-likeness (QED) is 0.589. The summed E-state index contributed by atoms with van der Waals surface area (Å²) < 4.78 is 0.972. The van der Waals surface area contributed by atoms with Gasteiger partial charge in [-0.05, 0) is 53.6 Å². The number of carbonyl (C=O) groups excluding carboxylic acids is 2. The van der Waals surface area contributed by atoms with Crippen molar-refractivity contribution in [1.82, 2.24) is 10.2 Å². The van der Waals surface area contributed by atoms with Gasteiger partial charge in [0.15, 0.2) is 0 Å². The third kappa shape index (κ3) is 4.20. The molecule has 5 nitrogen and oxygen atoms in total. The minimum atomic E-state index is -0.539. The maximum Gasteiger partial charge on any atom is 0.309 e. The first kappa shape index (κ1) is 16.3. The Bertz CT molecular complexity index is 539. The third-order valence-corrected chi connectivity index (χ3v) is 4.33. The summed E-state index contributed by atoms with van der Waals surface area (Å²) in [7, 11) is 0. The van der Waals surface area contributed by atoms with Gasteiger partial charge in [-0.2, -0.15) is 0 Å². The molecule has 1 aromatic rings. The highest BCUT2D eigenvalue weighted by atomic mass is 127. The largest absolute Gasteiger partial charge is 0.449 e. The van der Waals surface area contributed by atoms with E-state index in [1.165, 1.54) is 0 Å². The second kappa shape index (κ2) is 7.26. The van der Waals surface area contributed by atoms with E-state index in [9.17, 15) is 14.6 Å². The Labute approximate surface area is 138 Å². The van der Waals surface area contributed by atoms with E-state index in [0.29, 0.717) is 12.1 Å². The van der Waals surface area contributed by atoms with Crippen molar-refractivity contribution in [2.75, 3.05) is 13.1 Å². The fourth-order valence-electron chi connectivity index (χ4n) is 2.59. The number of benzene rings is 1. The maximum atomic E-state index is 12.2. The van der Waals surface area contributed by atoms with E-state index in [0.717, 1.165) is 16.4 Å². The van der Waals surface area contributed by atoms with Crippen LogP contribution in [0.4, 0.5) is 0 Å². The molecule has 0 aromatic heterocycles. The molecule has 1 aliphatic rings. The van der Waals surface area contributed by atoms with Crippen LogP contribution in [0, 0.1) is 3.57 Å². The van der Waals surface area contributed by atoms with Crippen molar-refractivity contribution in [1.29, 1.82) is 0 Å². The summed E-state index contributed by atoms with van der Waals surface area (Å²) in [5.74, 6) is -0.529. The number of halogens is 1. The van der Waals surface area contributed by atoms with E-state index in [-0.39, 0.29) is 24.3 Å². The number of rotatable bonds is 4. The van der Waals surface area contributed by atoms with Crippen molar-refractivity contribution in [3.8, 4) is 0 Å². The Morgan fingerprint density at radius 2 is 2.29 bits per heavy atom. The van der Waals surface area contributed by atoms with Gasteiger partial charge in [0.25, 0.3) is 5.91 Å². The van der Waals surface area contributed by atoms with Crippen LogP contribution in [-0.4, -0.2) is 47.7 Å². The number of nitrogens with zero attached hydrogens (tertiary/aromatic N) is 1. The first-order chi connectivity index (χ1) is 9.99. The van der Waals surface area contributed by atoms with Crippen molar-refractivity contribution in [3.05, 3.63) is 33.4 Å². The molecule has 112 valence electrons. The van der Waals surface area contributed by atoms with Crippen LogP contribution in [-0.2, 0) is 4.79 Å². The Morgan fingerprint density at radius 3 is 2.95 bits per heavy atom. The SMILES string of the molecule is CB(O)C1CCCN1C(=O)CNC(=O)c1cccc(I)c1. The summed E-state index contributed by atoms with van der Waals surface area (Å²) in [5, 5.41) is 12.3. The maximum absolute atomic E-state index is 12.2. The van der Waals surface area contributed by atoms with Gasteiger partial charge in [-0.25, -0.2) is 0 Å². The molecule has 1 unspecified atom stereocenters. The monoisotopic (exact) mass is 400 g/mol. The lowest BCUT2D eigenvalue weighted by atomic mass is 9.62. The molecule has 7 heteroatoms. The summed E-state index contributed by atoms with van der Waals surface area (Å²) in [6.45, 7) is 1.77. The molecule has 21 heavy (non-hydrogen) atoms. The number of nitrogens with one attached hydrogen (secondary N) is 1. The molecule has 0 aliphatic carbocycles. The second-order valence-electron chi connectivity index (χ2n) is 5.23. The van der Waals surface area contributed by atoms with Crippen LogP contribution in [0.5, 0.6) is 0 Å². The van der Waals surface area contributed by atoms with Crippen LogP contribution in [0.25, 0.3) is 0 Å². The molecular weight excluding hydrogens is 382 g/mol. The van der Waals surface area contributed by atoms with Gasteiger partial charge in [-0.1, -0.05) is 12.9 Å². The van der Waals surface area contributed by atoms with E-state index in [4.69, 9.17) is 0 Å². The first-order valence-corrected chi connectivity index (χ1v) is 8.08. The molecule has 1 fully saturated rings. The van der Waals surface area contributed by atoms with Crippen LogP contribution in [0.3, 0.4) is 0 Å². The first-order valence-electron chi connectivity index (χ1n) is 7.00. The molecule has 1 saturated heterocycles. The lowest BCUT2D eigenvalue weighted by Gasteiger charge is -2.25. The number of carbonyl (C=O) groups is 2. The number of likely N-dealkylation sites (tertiary alicyclic amines) is 1.